The molecule has 3 aliphatic rings. The third-order valence-corrected chi connectivity index (χ3v) is 6.58. The molecule has 2 unspecified atom stereocenters. The second kappa shape index (κ2) is 9.07. The number of aromatic nitrogens is 3. The van der Waals surface area contributed by atoms with E-state index in [2.05, 4.69) is 25.6 Å². The van der Waals surface area contributed by atoms with E-state index in [1.165, 1.54) is 6.33 Å². The van der Waals surface area contributed by atoms with Crippen LogP contribution in [-0.4, -0.2) is 68.7 Å². The molecule has 5 rings (SSSR count). The van der Waals surface area contributed by atoms with Gasteiger partial charge in [-0.25, -0.2) is 9.97 Å². The zero-order valence-electron chi connectivity index (χ0n) is 18.2. The van der Waals surface area contributed by atoms with Crippen LogP contribution in [0.15, 0.2) is 24.5 Å². The number of nitrogens with one attached hydrogen (secondary N) is 2. The number of fused-ring (bicyclic) bond motifs is 1. The summed E-state index contributed by atoms with van der Waals surface area (Å²) in [5.74, 6) is -1.75. The lowest BCUT2D eigenvalue weighted by Crippen LogP contribution is -2.54. The van der Waals surface area contributed by atoms with Crippen LogP contribution in [0.25, 0.3) is 0 Å². The van der Waals surface area contributed by atoms with Gasteiger partial charge in [0.1, 0.15) is 12.4 Å². The molecule has 2 fully saturated rings. The number of benzene rings is 1. The Hall–Kier alpha value is -3.44. The monoisotopic (exact) mass is 483 g/mol. The van der Waals surface area contributed by atoms with Crippen LogP contribution in [0.5, 0.6) is 0 Å². The van der Waals surface area contributed by atoms with Gasteiger partial charge in [-0.05, 0) is 49.0 Å². The van der Waals surface area contributed by atoms with Crippen LogP contribution < -0.4 is 15.5 Å². The molecule has 0 aliphatic carbocycles. The Bertz CT molecular complexity index is 1180. The van der Waals surface area contributed by atoms with Gasteiger partial charge in [0.05, 0.1) is 11.1 Å². The summed E-state index contributed by atoms with van der Waals surface area (Å²) >= 11 is 6.02. The van der Waals surface area contributed by atoms with Crippen molar-refractivity contribution in [3.63, 3.8) is 0 Å². The number of imide groups is 2. The van der Waals surface area contributed by atoms with Crippen LogP contribution in [0.4, 0.5) is 5.95 Å². The highest BCUT2D eigenvalue weighted by Crippen LogP contribution is 2.31. The molecule has 12 heteroatoms. The van der Waals surface area contributed by atoms with Gasteiger partial charge in [-0.15, -0.1) is 0 Å². The molecule has 4 amide bonds. The Labute approximate surface area is 199 Å². The lowest BCUT2D eigenvalue weighted by atomic mass is 10.00. The van der Waals surface area contributed by atoms with E-state index in [0.29, 0.717) is 18.1 Å². The number of anilines is 1. The first-order valence-corrected chi connectivity index (χ1v) is 11.5. The molecule has 4 heterocycles. The van der Waals surface area contributed by atoms with Crippen LogP contribution in [0.3, 0.4) is 0 Å². The second-order valence-corrected chi connectivity index (χ2v) is 8.81. The maximum Gasteiger partial charge on any atom is 0.262 e. The topological polar surface area (TPSA) is 137 Å². The molecule has 2 saturated heterocycles. The SMILES string of the molecule is O=C1CCC(N2C(=O)c3cccc(CN(c4ncnc(Cl)n4)C4CCCNC4)c3C2=O)C(=O)N1. The molecular formula is C22H22ClN7O4. The Morgan fingerprint density at radius 1 is 1.12 bits per heavy atom. The lowest BCUT2D eigenvalue weighted by molar-refractivity contribution is -0.136. The van der Waals surface area contributed by atoms with Gasteiger partial charge >= 0.3 is 0 Å². The molecule has 2 aromatic rings. The summed E-state index contributed by atoms with van der Waals surface area (Å²) in [6.07, 6.45) is 3.37. The largest absolute Gasteiger partial charge is 0.332 e. The van der Waals surface area contributed by atoms with Crippen LogP contribution >= 0.6 is 11.6 Å². The van der Waals surface area contributed by atoms with Gasteiger partial charge in [-0.2, -0.15) is 4.98 Å². The molecule has 1 aromatic carbocycles. The van der Waals surface area contributed by atoms with Gasteiger partial charge in [-0.3, -0.25) is 29.4 Å². The first-order chi connectivity index (χ1) is 16.4. The summed E-state index contributed by atoms with van der Waals surface area (Å²) < 4.78 is 0. The van der Waals surface area contributed by atoms with E-state index in [4.69, 9.17) is 11.6 Å². The molecule has 2 atom stereocenters. The fourth-order valence-electron chi connectivity index (χ4n) is 4.77. The Morgan fingerprint density at radius 3 is 2.71 bits per heavy atom. The summed E-state index contributed by atoms with van der Waals surface area (Å²) in [7, 11) is 0. The summed E-state index contributed by atoms with van der Waals surface area (Å²) in [6.45, 7) is 1.88. The number of hydrogen-bond acceptors (Lipinski definition) is 9. The normalized spacial score (nSPS) is 22.6. The smallest absolute Gasteiger partial charge is 0.262 e. The fourth-order valence-corrected chi connectivity index (χ4v) is 4.89. The maximum absolute atomic E-state index is 13.4. The quantitative estimate of drug-likeness (QED) is 0.588. The zero-order chi connectivity index (χ0) is 23.8. The third-order valence-electron chi connectivity index (χ3n) is 6.39. The Morgan fingerprint density at radius 2 is 1.97 bits per heavy atom. The highest BCUT2D eigenvalue weighted by atomic mass is 35.5. The van der Waals surface area contributed by atoms with E-state index in [-0.39, 0.29) is 41.8 Å². The van der Waals surface area contributed by atoms with Gasteiger partial charge in [-0.1, -0.05) is 12.1 Å². The number of rotatable bonds is 5. The molecule has 3 aliphatic heterocycles. The zero-order valence-corrected chi connectivity index (χ0v) is 18.9. The van der Waals surface area contributed by atoms with Crippen molar-refractivity contribution in [2.75, 3.05) is 18.0 Å². The van der Waals surface area contributed by atoms with E-state index in [9.17, 15) is 19.2 Å². The van der Waals surface area contributed by atoms with Crippen molar-refractivity contribution < 1.29 is 19.2 Å². The van der Waals surface area contributed by atoms with E-state index < -0.39 is 29.7 Å². The van der Waals surface area contributed by atoms with Gasteiger partial charge in [0, 0.05) is 25.6 Å². The molecule has 1 aromatic heterocycles. The average Bonchev–Trinajstić information content (AvgIpc) is 3.09. The third kappa shape index (κ3) is 4.01. The Kier molecular flexibility index (Phi) is 5.96. The van der Waals surface area contributed by atoms with Crippen molar-refractivity contribution in [2.24, 2.45) is 0 Å². The average molecular weight is 484 g/mol. The van der Waals surface area contributed by atoms with Crippen molar-refractivity contribution in [3.8, 4) is 0 Å². The van der Waals surface area contributed by atoms with E-state index in [1.807, 2.05) is 4.90 Å². The van der Waals surface area contributed by atoms with Gasteiger partial charge in [0.15, 0.2) is 0 Å². The van der Waals surface area contributed by atoms with Gasteiger partial charge in [0.25, 0.3) is 11.8 Å². The molecule has 0 saturated carbocycles. The van der Waals surface area contributed by atoms with E-state index in [1.54, 1.807) is 18.2 Å². The minimum absolute atomic E-state index is 0.0431. The molecule has 2 N–H and O–H groups in total. The highest BCUT2D eigenvalue weighted by molar-refractivity contribution is 6.28. The number of nitrogens with zero attached hydrogens (tertiary/aromatic N) is 5. The highest BCUT2D eigenvalue weighted by Gasteiger charge is 2.45. The lowest BCUT2D eigenvalue weighted by Gasteiger charge is -2.35. The minimum Gasteiger partial charge on any atom is -0.332 e. The fraction of sp³-hybridized carbons (Fsp3) is 0.409. The molecule has 176 valence electrons. The summed E-state index contributed by atoms with van der Waals surface area (Å²) in [4.78, 5) is 65.9. The number of hydrogen-bond donors (Lipinski definition) is 2. The van der Waals surface area contributed by atoms with Crippen LogP contribution in [0, 0.1) is 0 Å². The molecule has 34 heavy (non-hydrogen) atoms. The van der Waals surface area contributed by atoms with Crippen LogP contribution in [0.1, 0.15) is 52.0 Å². The van der Waals surface area contributed by atoms with Crippen molar-refractivity contribution in [2.45, 2.75) is 44.3 Å². The molecule has 0 spiro atoms. The number of halogens is 1. The van der Waals surface area contributed by atoms with E-state index >= 15 is 0 Å². The van der Waals surface area contributed by atoms with Gasteiger partial charge in [0.2, 0.25) is 23.0 Å². The van der Waals surface area contributed by atoms with Crippen LogP contribution in [0.2, 0.25) is 5.28 Å². The maximum atomic E-state index is 13.4. The number of amides is 4. The van der Waals surface area contributed by atoms with Gasteiger partial charge < -0.3 is 10.2 Å². The molecular weight excluding hydrogens is 462 g/mol. The predicted octanol–water partition coefficient (Wildman–Crippen LogP) is 0.685. The molecule has 11 nitrogen and oxygen atoms in total. The first-order valence-electron chi connectivity index (χ1n) is 11.1. The number of carbonyl (C=O) groups is 4. The first kappa shape index (κ1) is 22.4. The van der Waals surface area contributed by atoms with Crippen LogP contribution in [-0.2, 0) is 16.1 Å². The minimum atomic E-state index is -1.01. The predicted molar refractivity (Wildman–Crippen MR) is 120 cm³/mol. The van der Waals surface area contributed by atoms with E-state index in [0.717, 1.165) is 24.3 Å². The molecule has 0 bridgehead atoms. The van der Waals surface area contributed by atoms with Crippen molar-refractivity contribution >= 4 is 41.2 Å². The number of piperidine rings is 2. The molecule has 0 radical (unpaired) electrons. The van der Waals surface area contributed by atoms with Crippen molar-refractivity contribution in [1.82, 2.24) is 30.5 Å². The standard InChI is InChI=1S/C22H22ClN7O4/c23-21-25-11-26-22(28-21)29(13-4-2-8-24-9-13)10-12-3-1-5-14-17(12)20(34)30(19(14)33)15-6-7-16(31)27-18(15)32/h1,3,5,11,13,15,24H,2,4,6-10H2,(H,27,31,32). The summed E-state index contributed by atoms with van der Waals surface area (Å²) in [6, 6.07) is 4.10. The second-order valence-electron chi connectivity index (χ2n) is 8.47. The summed E-state index contributed by atoms with van der Waals surface area (Å²) in [5.41, 5.74) is 1.11. The number of carbonyl (C=O) groups excluding carboxylic acids is 4. The van der Waals surface area contributed by atoms with Crippen molar-refractivity contribution in [1.29, 1.82) is 0 Å². The Balaban J connectivity index is 1.49. The van der Waals surface area contributed by atoms with Crippen molar-refractivity contribution in [3.05, 3.63) is 46.5 Å². The summed E-state index contributed by atoms with van der Waals surface area (Å²) in [5, 5.41) is 5.64.